The zero-order chi connectivity index (χ0) is 17.5. The minimum absolute atomic E-state index is 0.245. The number of rotatable bonds is 3. The van der Waals surface area contributed by atoms with E-state index in [2.05, 4.69) is 5.32 Å². The molecule has 1 aliphatic rings. The first kappa shape index (κ1) is 16.5. The molecule has 5 nitrogen and oxygen atoms in total. The van der Waals surface area contributed by atoms with Gasteiger partial charge in [-0.3, -0.25) is 9.10 Å². The number of nitrogens with one attached hydrogen (secondary N) is 1. The van der Waals surface area contributed by atoms with Gasteiger partial charge in [-0.2, -0.15) is 0 Å². The molecular weight excluding hydrogens is 324 g/mol. The Hall–Kier alpha value is -2.34. The Morgan fingerprint density at radius 2 is 1.88 bits per heavy atom. The summed E-state index contributed by atoms with van der Waals surface area (Å²) in [5.74, 6) is -0.245. The summed E-state index contributed by atoms with van der Waals surface area (Å²) in [4.78, 5) is 12.5. The lowest BCUT2D eigenvalue weighted by Gasteiger charge is -2.17. The Labute approximate surface area is 142 Å². The number of sulfonamides is 1. The monoisotopic (exact) mass is 344 g/mol. The van der Waals surface area contributed by atoms with Gasteiger partial charge in [0.2, 0.25) is 10.0 Å². The summed E-state index contributed by atoms with van der Waals surface area (Å²) in [6.07, 6.45) is 1.85. The lowest BCUT2D eigenvalue weighted by molar-refractivity contribution is 0.102. The molecule has 0 saturated heterocycles. The standard InChI is InChI=1S/C18H20N2O3S/c1-12-4-7-16(13(2)10-12)19-18(21)15-6-5-14-8-9-20(17(14)11-15)24(3,22)23/h4-7,10-11H,8-9H2,1-3H3,(H,19,21). The van der Waals surface area contributed by atoms with Crippen molar-refractivity contribution in [3.8, 4) is 0 Å². The maximum absolute atomic E-state index is 12.5. The lowest BCUT2D eigenvalue weighted by atomic mass is 10.1. The number of carbonyl (C=O) groups excluding carboxylic acids is 1. The van der Waals surface area contributed by atoms with Gasteiger partial charge in [0.15, 0.2) is 0 Å². The SMILES string of the molecule is Cc1ccc(NC(=O)c2ccc3c(c2)N(S(C)(=O)=O)CC3)c(C)c1. The molecule has 0 unspecified atom stereocenters. The predicted molar refractivity (Wildman–Crippen MR) is 96.2 cm³/mol. The van der Waals surface area contributed by atoms with Gasteiger partial charge in [-0.05, 0) is 49.6 Å². The van der Waals surface area contributed by atoms with E-state index in [1.165, 1.54) is 10.6 Å². The van der Waals surface area contributed by atoms with Gasteiger partial charge in [-0.15, -0.1) is 0 Å². The largest absolute Gasteiger partial charge is 0.322 e. The molecule has 1 amide bonds. The molecule has 2 aromatic rings. The average Bonchev–Trinajstić information content (AvgIpc) is 2.93. The van der Waals surface area contributed by atoms with Gasteiger partial charge in [0.05, 0.1) is 11.9 Å². The van der Waals surface area contributed by atoms with Gasteiger partial charge in [-0.25, -0.2) is 8.42 Å². The zero-order valence-electron chi connectivity index (χ0n) is 14.0. The molecule has 0 spiro atoms. The van der Waals surface area contributed by atoms with Crippen LogP contribution in [0.4, 0.5) is 11.4 Å². The van der Waals surface area contributed by atoms with E-state index in [1.807, 2.05) is 38.1 Å². The van der Waals surface area contributed by atoms with Crippen molar-refractivity contribution >= 4 is 27.3 Å². The van der Waals surface area contributed by atoms with Gasteiger partial charge in [0.25, 0.3) is 5.91 Å². The van der Waals surface area contributed by atoms with Gasteiger partial charge >= 0.3 is 0 Å². The Morgan fingerprint density at radius 3 is 2.54 bits per heavy atom. The van der Waals surface area contributed by atoms with E-state index in [4.69, 9.17) is 0 Å². The predicted octanol–water partition coefficient (Wildman–Crippen LogP) is 2.88. The Kier molecular flexibility index (Phi) is 4.09. The number of benzene rings is 2. The summed E-state index contributed by atoms with van der Waals surface area (Å²) < 4.78 is 25.1. The first-order chi connectivity index (χ1) is 11.3. The third-order valence-electron chi connectivity index (χ3n) is 4.23. The van der Waals surface area contributed by atoms with Crippen molar-refractivity contribution in [1.82, 2.24) is 0 Å². The quantitative estimate of drug-likeness (QED) is 0.931. The number of fused-ring (bicyclic) bond motifs is 1. The van der Waals surface area contributed by atoms with E-state index in [1.54, 1.807) is 12.1 Å². The van der Waals surface area contributed by atoms with Crippen LogP contribution in [0.2, 0.25) is 0 Å². The van der Waals surface area contributed by atoms with Crippen LogP contribution in [0.5, 0.6) is 0 Å². The van der Waals surface area contributed by atoms with Crippen molar-refractivity contribution in [2.24, 2.45) is 0 Å². The molecule has 0 bridgehead atoms. The van der Waals surface area contributed by atoms with Crippen molar-refractivity contribution < 1.29 is 13.2 Å². The number of amides is 1. The molecule has 126 valence electrons. The molecule has 1 N–H and O–H groups in total. The molecule has 0 saturated carbocycles. The summed E-state index contributed by atoms with van der Waals surface area (Å²) >= 11 is 0. The van der Waals surface area contributed by atoms with Crippen LogP contribution in [0.25, 0.3) is 0 Å². The highest BCUT2D eigenvalue weighted by molar-refractivity contribution is 7.92. The first-order valence-corrected chi connectivity index (χ1v) is 9.60. The van der Waals surface area contributed by atoms with Gasteiger partial charge < -0.3 is 5.32 Å². The fourth-order valence-corrected chi connectivity index (χ4v) is 3.93. The van der Waals surface area contributed by atoms with E-state index in [9.17, 15) is 13.2 Å². The molecule has 1 aliphatic heterocycles. The van der Waals surface area contributed by atoms with Crippen LogP contribution in [0.1, 0.15) is 27.0 Å². The number of anilines is 2. The second-order valence-corrected chi connectivity index (χ2v) is 8.11. The molecule has 0 aromatic heterocycles. The highest BCUT2D eigenvalue weighted by atomic mass is 32.2. The molecule has 2 aromatic carbocycles. The van der Waals surface area contributed by atoms with Crippen molar-refractivity contribution in [2.75, 3.05) is 22.4 Å². The van der Waals surface area contributed by atoms with E-state index in [0.29, 0.717) is 24.2 Å². The minimum atomic E-state index is -3.33. The molecule has 3 rings (SSSR count). The van der Waals surface area contributed by atoms with E-state index in [0.717, 1.165) is 22.4 Å². The molecule has 1 heterocycles. The number of carbonyl (C=O) groups is 1. The van der Waals surface area contributed by atoms with Crippen LogP contribution in [-0.4, -0.2) is 27.1 Å². The smallest absolute Gasteiger partial charge is 0.255 e. The lowest BCUT2D eigenvalue weighted by Crippen LogP contribution is -2.27. The molecule has 0 radical (unpaired) electrons. The van der Waals surface area contributed by atoms with Crippen molar-refractivity contribution in [3.05, 3.63) is 58.7 Å². The second-order valence-electron chi connectivity index (χ2n) is 6.20. The minimum Gasteiger partial charge on any atom is -0.322 e. The number of nitrogens with zero attached hydrogens (tertiary/aromatic N) is 1. The molecule has 0 aliphatic carbocycles. The molecular formula is C18H20N2O3S. The molecule has 0 fully saturated rings. The second kappa shape index (κ2) is 5.94. The van der Waals surface area contributed by atoms with Gasteiger partial charge in [-0.1, -0.05) is 23.8 Å². The highest BCUT2D eigenvalue weighted by Crippen LogP contribution is 2.31. The van der Waals surface area contributed by atoms with Crippen LogP contribution >= 0.6 is 0 Å². The maximum atomic E-state index is 12.5. The van der Waals surface area contributed by atoms with E-state index < -0.39 is 10.0 Å². The Bertz CT molecular complexity index is 920. The third kappa shape index (κ3) is 3.14. The van der Waals surface area contributed by atoms with Crippen LogP contribution < -0.4 is 9.62 Å². The summed E-state index contributed by atoms with van der Waals surface area (Å²) in [6, 6.07) is 11.0. The fourth-order valence-electron chi connectivity index (χ4n) is 2.98. The maximum Gasteiger partial charge on any atom is 0.255 e. The Morgan fingerprint density at radius 1 is 1.12 bits per heavy atom. The zero-order valence-corrected chi connectivity index (χ0v) is 14.8. The number of hydrogen-bond acceptors (Lipinski definition) is 3. The summed E-state index contributed by atoms with van der Waals surface area (Å²) in [6.45, 7) is 4.37. The van der Waals surface area contributed by atoms with Crippen LogP contribution in [0.3, 0.4) is 0 Å². The summed E-state index contributed by atoms with van der Waals surface area (Å²) in [7, 11) is -3.33. The topological polar surface area (TPSA) is 66.5 Å². The molecule has 0 atom stereocenters. The van der Waals surface area contributed by atoms with Gasteiger partial charge in [0, 0.05) is 17.8 Å². The summed E-state index contributed by atoms with van der Waals surface area (Å²) in [5, 5.41) is 2.89. The van der Waals surface area contributed by atoms with Crippen LogP contribution in [-0.2, 0) is 16.4 Å². The highest BCUT2D eigenvalue weighted by Gasteiger charge is 2.27. The molecule has 6 heteroatoms. The Balaban J connectivity index is 1.89. The van der Waals surface area contributed by atoms with Crippen molar-refractivity contribution in [1.29, 1.82) is 0 Å². The van der Waals surface area contributed by atoms with Gasteiger partial charge in [0.1, 0.15) is 0 Å². The number of aryl methyl sites for hydroxylation is 2. The van der Waals surface area contributed by atoms with Crippen LogP contribution in [0.15, 0.2) is 36.4 Å². The first-order valence-electron chi connectivity index (χ1n) is 7.75. The fraction of sp³-hybridized carbons (Fsp3) is 0.278. The van der Waals surface area contributed by atoms with E-state index in [-0.39, 0.29) is 5.91 Å². The van der Waals surface area contributed by atoms with Crippen molar-refractivity contribution in [3.63, 3.8) is 0 Å². The number of hydrogen-bond donors (Lipinski definition) is 1. The average molecular weight is 344 g/mol. The van der Waals surface area contributed by atoms with Crippen LogP contribution in [0, 0.1) is 13.8 Å². The van der Waals surface area contributed by atoms with E-state index >= 15 is 0 Å². The third-order valence-corrected chi connectivity index (χ3v) is 5.41. The normalized spacial score (nSPS) is 13.7. The van der Waals surface area contributed by atoms with Crippen molar-refractivity contribution in [2.45, 2.75) is 20.3 Å². The molecule has 24 heavy (non-hydrogen) atoms. The summed E-state index contributed by atoms with van der Waals surface area (Å²) in [5.41, 5.74) is 4.87.